The largest absolute Gasteiger partial charge is 0.495 e. The van der Waals surface area contributed by atoms with E-state index in [0.717, 1.165) is 5.56 Å². The summed E-state index contributed by atoms with van der Waals surface area (Å²) in [6.07, 6.45) is 1.42. The third kappa shape index (κ3) is 3.21. The van der Waals surface area contributed by atoms with Gasteiger partial charge >= 0.3 is 0 Å². The summed E-state index contributed by atoms with van der Waals surface area (Å²) in [5.41, 5.74) is 1.15. The van der Waals surface area contributed by atoms with Gasteiger partial charge in [0.2, 0.25) is 0 Å². The quantitative estimate of drug-likeness (QED) is 0.788. The number of aryl methyl sites for hydroxylation is 1. The van der Waals surface area contributed by atoms with E-state index in [9.17, 15) is 14.0 Å². The molecule has 0 bridgehead atoms. The number of nitrogens with one attached hydrogen (secondary N) is 1. The van der Waals surface area contributed by atoms with Crippen LogP contribution < -0.4 is 15.6 Å². The molecule has 7 heteroatoms. The lowest BCUT2D eigenvalue weighted by Gasteiger charge is -2.12. The van der Waals surface area contributed by atoms with Gasteiger partial charge in [-0.3, -0.25) is 9.59 Å². The van der Waals surface area contributed by atoms with E-state index in [0.29, 0.717) is 5.52 Å². The molecule has 0 saturated carbocycles. The predicted octanol–water partition coefficient (Wildman–Crippen LogP) is 2.01. The second kappa shape index (κ2) is 6.72. The van der Waals surface area contributed by atoms with E-state index in [4.69, 9.17) is 4.74 Å². The molecule has 0 unspecified atom stereocenters. The minimum Gasteiger partial charge on any atom is -0.495 e. The van der Waals surface area contributed by atoms with Crippen molar-refractivity contribution in [3.8, 4) is 5.75 Å². The summed E-state index contributed by atoms with van der Waals surface area (Å²) in [5, 5.41) is 2.99. The minimum atomic E-state index is -0.394. The third-order valence-corrected chi connectivity index (χ3v) is 3.86. The topological polar surface area (TPSA) is 73.2 Å². The number of methoxy groups -OCH3 is 1. The van der Waals surface area contributed by atoms with Crippen molar-refractivity contribution in [2.45, 2.75) is 6.54 Å². The second-order valence-corrected chi connectivity index (χ2v) is 5.51. The summed E-state index contributed by atoms with van der Waals surface area (Å²) in [5.74, 6) is -0.550. The van der Waals surface area contributed by atoms with Crippen LogP contribution in [0.3, 0.4) is 0 Å². The molecule has 0 saturated heterocycles. The predicted molar refractivity (Wildman–Crippen MR) is 91.1 cm³/mol. The number of aromatic nitrogens is 2. The molecule has 3 aromatic rings. The van der Waals surface area contributed by atoms with E-state index in [1.807, 2.05) is 0 Å². The molecule has 0 aliphatic heterocycles. The first kappa shape index (κ1) is 16.6. The van der Waals surface area contributed by atoms with Crippen molar-refractivity contribution in [2.75, 3.05) is 7.11 Å². The first-order valence-corrected chi connectivity index (χ1v) is 7.56. The number of carbonyl (C=O) groups excluding carboxylic acids is 1. The maximum absolute atomic E-state index is 12.9. The molecule has 0 radical (unpaired) electrons. The lowest BCUT2D eigenvalue weighted by molar-refractivity contribution is 0.0948. The Hall–Kier alpha value is -3.22. The van der Waals surface area contributed by atoms with Crippen molar-refractivity contribution in [1.82, 2.24) is 14.9 Å². The first-order chi connectivity index (χ1) is 12.0. The third-order valence-electron chi connectivity index (χ3n) is 3.86. The number of ether oxygens (including phenoxy) is 1. The van der Waals surface area contributed by atoms with Crippen molar-refractivity contribution in [1.29, 1.82) is 0 Å². The first-order valence-electron chi connectivity index (χ1n) is 7.56. The molecular weight excluding hydrogens is 325 g/mol. The monoisotopic (exact) mass is 341 g/mol. The molecule has 1 aromatic heterocycles. The second-order valence-electron chi connectivity index (χ2n) is 5.51. The van der Waals surface area contributed by atoms with Crippen molar-refractivity contribution >= 4 is 16.8 Å². The Labute approximate surface area is 142 Å². The van der Waals surface area contributed by atoms with E-state index in [-0.39, 0.29) is 34.6 Å². The number of amides is 1. The molecule has 0 spiro atoms. The van der Waals surface area contributed by atoms with Gasteiger partial charge in [-0.05, 0) is 29.8 Å². The Balaban J connectivity index is 1.94. The number of carbonyl (C=O) groups is 1. The van der Waals surface area contributed by atoms with Crippen LogP contribution in [0, 0.1) is 5.82 Å². The Morgan fingerprint density at radius 2 is 1.96 bits per heavy atom. The molecule has 128 valence electrons. The van der Waals surface area contributed by atoms with E-state index >= 15 is 0 Å². The summed E-state index contributed by atoms with van der Waals surface area (Å²) in [7, 11) is 2.98. The zero-order chi connectivity index (χ0) is 18.0. The van der Waals surface area contributed by atoms with Crippen LogP contribution in [0.15, 0.2) is 47.5 Å². The van der Waals surface area contributed by atoms with Crippen LogP contribution in [0.4, 0.5) is 4.39 Å². The van der Waals surface area contributed by atoms with E-state index in [2.05, 4.69) is 10.3 Å². The molecular formula is C18H16FN3O3. The fourth-order valence-corrected chi connectivity index (χ4v) is 2.53. The maximum atomic E-state index is 12.9. The van der Waals surface area contributed by atoms with Gasteiger partial charge in [0.1, 0.15) is 17.0 Å². The molecule has 1 heterocycles. The summed E-state index contributed by atoms with van der Waals surface area (Å²) >= 11 is 0. The number of fused-ring (bicyclic) bond motifs is 1. The van der Waals surface area contributed by atoms with Crippen LogP contribution in [0.5, 0.6) is 5.75 Å². The fourth-order valence-electron chi connectivity index (χ4n) is 2.53. The smallest absolute Gasteiger partial charge is 0.264 e. The normalized spacial score (nSPS) is 10.7. The van der Waals surface area contributed by atoms with Gasteiger partial charge in [-0.1, -0.05) is 12.1 Å². The number of rotatable bonds is 4. The fraction of sp³-hybridized carbons (Fsp3) is 0.167. The van der Waals surface area contributed by atoms with Gasteiger partial charge in [-0.15, -0.1) is 0 Å². The highest BCUT2D eigenvalue weighted by molar-refractivity contribution is 6.02. The Bertz CT molecular complexity index is 997. The van der Waals surface area contributed by atoms with E-state index in [1.54, 1.807) is 31.3 Å². The standard InChI is InChI=1S/C18H16FN3O3/c1-22-10-21-14-8-7-13(16(25-2)15(14)18(22)24)17(23)20-9-11-3-5-12(19)6-4-11/h3-8,10H,9H2,1-2H3,(H,20,23). The van der Waals surface area contributed by atoms with Crippen LogP contribution in [-0.2, 0) is 13.6 Å². The number of benzene rings is 2. The summed E-state index contributed by atoms with van der Waals surface area (Å²) in [6.45, 7) is 0.228. The molecule has 25 heavy (non-hydrogen) atoms. The average Bonchev–Trinajstić information content (AvgIpc) is 2.63. The van der Waals surface area contributed by atoms with Crippen molar-refractivity contribution in [2.24, 2.45) is 7.05 Å². The lowest BCUT2D eigenvalue weighted by atomic mass is 10.1. The number of nitrogens with zero attached hydrogens (tertiary/aromatic N) is 2. The highest BCUT2D eigenvalue weighted by Crippen LogP contribution is 2.26. The summed E-state index contributed by atoms with van der Waals surface area (Å²) in [4.78, 5) is 29.0. The molecule has 2 aromatic carbocycles. The molecule has 1 N–H and O–H groups in total. The summed E-state index contributed by atoms with van der Waals surface area (Å²) < 4.78 is 19.6. The average molecular weight is 341 g/mol. The summed E-state index contributed by atoms with van der Waals surface area (Å²) in [6, 6.07) is 9.00. The maximum Gasteiger partial charge on any atom is 0.264 e. The highest BCUT2D eigenvalue weighted by Gasteiger charge is 2.18. The van der Waals surface area contributed by atoms with Gasteiger partial charge in [-0.25, -0.2) is 9.37 Å². The van der Waals surface area contributed by atoms with Gasteiger partial charge in [0.05, 0.1) is 24.5 Å². The molecule has 0 aliphatic carbocycles. The van der Waals surface area contributed by atoms with Crippen molar-refractivity contribution in [3.05, 3.63) is 70.0 Å². The van der Waals surface area contributed by atoms with Crippen LogP contribution in [0.25, 0.3) is 10.9 Å². The zero-order valence-electron chi connectivity index (χ0n) is 13.7. The molecule has 0 atom stereocenters. The van der Waals surface area contributed by atoms with Gasteiger partial charge in [0.25, 0.3) is 11.5 Å². The lowest BCUT2D eigenvalue weighted by Crippen LogP contribution is -2.24. The minimum absolute atomic E-state index is 0.183. The van der Waals surface area contributed by atoms with Crippen LogP contribution >= 0.6 is 0 Å². The number of halogens is 1. The SMILES string of the molecule is COc1c(C(=O)NCc2ccc(F)cc2)ccc2ncn(C)c(=O)c12. The Morgan fingerprint density at radius 3 is 2.64 bits per heavy atom. The Morgan fingerprint density at radius 1 is 1.24 bits per heavy atom. The highest BCUT2D eigenvalue weighted by atomic mass is 19.1. The number of hydrogen-bond donors (Lipinski definition) is 1. The van der Waals surface area contributed by atoms with Crippen LogP contribution in [0.1, 0.15) is 15.9 Å². The molecule has 1 amide bonds. The van der Waals surface area contributed by atoms with Crippen LogP contribution in [0.2, 0.25) is 0 Å². The number of hydrogen-bond acceptors (Lipinski definition) is 4. The van der Waals surface area contributed by atoms with Crippen molar-refractivity contribution in [3.63, 3.8) is 0 Å². The van der Waals surface area contributed by atoms with E-state index < -0.39 is 5.91 Å². The van der Waals surface area contributed by atoms with Crippen LogP contribution in [-0.4, -0.2) is 22.6 Å². The molecule has 6 nitrogen and oxygen atoms in total. The van der Waals surface area contributed by atoms with E-state index in [1.165, 1.54) is 30.1 Å². The molecule has 0 fully saturated rings. The molecule has 3 rings (SSSR count). The Kier molecular flexibility index (Phi) is 4.47. The van der Waals surface area contributed by atoms with Gasteiger partial charge in [-0.2, -0.15) is 0 Å². The van der Waals surface area contributed by atoms with Gasteiger partial charge < -0.3 is 14.6 Å². The molecule has 0 aliphatic rings. The van der Waals surface area contributed by atoms with Gasteiger partial charge in [0, 0.05) is 13.6 Å². The zero-order valence-corrected chi connectivity index (χ0v) is 13.7. The van der Waals surface area contributed by atoms with Crippen molar-refractivity contribution < 1.29 is 13.9 Å². The van der Waals surface area contributed by atoms with Gasteiger partial charge in [0.15, 0.2) is 0 Å².